The Morgan fingerprint density at radius 3 is 2.39 bits per heavy atom. The van der Waals surface area contributed by atoms with Crippen LogP contribution in [0.1, 0.15) is 40.9 Å². The molecule has 122 valence electrons. The van der Waals surface area contributed by atoms with Gasteiger partial charge >= 0.3 is 0 Å². The summed E-state index contributed by atoms with van der Waals surface area (Å²) in [5.41, 5.74) is 11.3. The van der Waals surface area contributed by atoms with Crippen LogP contribution in [0.4, 0.5) is 11.4 Å². The van der Waals surface area contributed by atoms with Crippen molar-refractivity contribution in [3.63, 3.8) is 0 Å². The van der Waals surface area contributed by atoms with E-state index in [0.717, 1.165) is 33.6 Å². The van der Waals surface area contributed by atoms with Gasteiger partial charge in [-0.1, -0.05) is 12.1 Å². The molecule has 4 nitrogen and oxygen atoms in total. The minimum Gasteiger partial charge on any atom is -0.399 e. The summed E-state index contributed by atoms with van der Waals surface area (Å²) >= 11 is 0. The van der Waals surface area contributed by atoms with E-state index in [9.17, 15) is 4.79 Å². The Balaban J connectivity index is 2.20. The molecule has 0 heterocycles. The monoisotopic (exact) mass is 311 g/mol. The van der Waals surface area contributed by atoms with Crippen LogP contribution in [-0.2, 0) is 6.54 Å². The number of anilines is 2. The molecule has 2 aromatic carbocycles. The van der Waals surface area contributed by atoms with Gasteiger partial charge in [0.2, 0.25) is 0 Å². The molecule has 0 radical (unpaired) electrons. The van der Waals surface area contributed by atoms with Crippen LogP contribution in [0, 0.1) is 13.8 Å². The van der Waals surface area contributed by atoms with Gasteiger partial charge in [-0.05, 0) is 68.7 Å². The second-order valence-electron chi connectivity index (χ2n) is 6.21. The first kappa shape index (κ1) is 16.9. The van der Waals surface area contributed by atoms with Gasteiger partial charge in [-0.15, -0.1) is 0 Å². The highest BCUT2D eigenvalue weighted by atomic mass is 16.1. The van der Waals surface area contributed by atoms with Crippen LogP contribution < -0.4 is 16.4 Å². The van der Waals surface area contributed by atoms with Gasteiger partial charge in [0, 0.05) is 29.5 Å². The second kappa shape index (κ2) is 7.18. The van der Waals surface area contributed by atoms with Crippen molar-refractivity contribution in [2.45, 2.75) is 40.3 Å². The summed E-state index contributed by atoms with van der Waals surface area (Å²) in [5, 5.41) is 6.37. The number of amides is 1. The summed E-state index contributed by atoms with van der Waals surface area (Å²) in [6.07, 6.45) is 0. The Hall–Kier alpha value is -2.49. The summed E-state index contributed by atoms with van der Waals surface area (Å²) in [6, 6.07) is 11.9. The highest BCUT2D eigenvalue weighted by Crippen LogP contribution is 2.22. The van der Waals surface area contributed by atoms with Gasteiger partial charge in [0.05, 0.1) is 0 Å². The lowest BCUT2D eigenvalue weighted by molar-refractivity contribution is 0.0942. The van der Waals surface area contributed by atoms with E-state index in [1.807, 2.05) is 58.0 Å². The number of nitrogen functional groups attached to an aromatic ring is 1. The maximum atomic E-state index is 12.3. The lowest BCUT2D eigenvalue weighted by Crippen LogP contribution is -2.30. The van der Waals surface area contributed by atoms with E-state index in [4.69, 9.17) is 5.73 Å². The van der Waals surface area contributed by atoms with E-state index in [2.05, 4.69) is 16.7 Å². The van der Waals surface area contributed by atoms with Crippen LogP contribution in [0.2, 0.25) is 0 Å². The predicted octanol–water partition coefficient (Wildman–Crippen LogP) is 3.64. The van der Waals surface area contributed by atoms with Crippen LogP contribution in [0.15, 0.2) is 36.4 Å². The van der Waals surface area contributed by atoms with Gasteiger partial charge in [-0.25, -0.2) is 0 Å². The fraction of sp³-hybridized carbons (Fsp3) is 0.316. The lowest BCUT2D eigenvalue weighted by Gasteiger charge is -2.16. The molecule has 4 N–H and O–H groups in total. The molecule has 0 atom stereocenters. The van der Waals surface area contributed by atoms with Gasteiger partial charge in [0.1, 0.15) is 0 Å². The number of nitrogens with one attached hydrogen (secondary N) is 2. The quantitative estimate of drug-likeness (QED) is 0.739. The first-order valence-corrected chi connectivity index (χ1v) is 7.87. The van der Waals surface area contributed by atoms with E-state index in [-0.39, 0.29) is 11.9 Å². The van der Waals surface area contributed by atoms with Crippen molar-refractivity contribution in [3.8, 4) is 0 Å². The molecule has 0 saturated carbocycles. The molecule has 4 heteroatoms. The third-order valence-corrected chi connectivity index (χ3v) is 3.68. The number of carbonyl (C=O) groups excluding carboxylic acids is 1. The van der Waals surface area contributed by atoms with Crippen molar-refractivity contribution in [1.82, 2.24) is 5.32 Å². The standard InChI is InChI=1S/C19H25N3O/c1-12(2)22-19(23)17-9-13(3)10-18(14(17)4)21-11-15-5-7-16(20)8-6-15/h5-10,12,21H,11,20H2,1-4H3,(H,22,23). The third-order valence-electron chi connectivity index (χ3n) is 3.68. The van der Waals surface area contributed by atoms with E-state index in [1.54, 1.807) is 0 Å². The minimum atomic E-state index is -0.0308. The van der Waals surface area contributed by atoms with E-state index >= 15 is 0 Å². The van der Waals surface area contributed by atoms with E-state index < -0.39 is 0 Å². The number of carbonyl (C=O) groups is 1. The molecule has 0 aliphatic carbocycles. The van der Waals surface area contributed by atoms with Gasteiger partial charge in [0.25, 0.3) is 5.91 Å². The van der Waals surface area contributed by atoms with E-state index in [0.29, 0.717) is 6.54 Å². The average Bonchev–Trinajstić information content (AvgIpc) is 2.48. The zero-order valence-corrected chi connectivity index (χ0v) is 14.2. The number of hydrogen-bond acceptors (Lipinski definition) is 3. The normalized spacial score (nSPS) is 10.7. The van der Waals surface area contributed by atoms with Crippen LogP contribution in [0.25, 0.3) is 0 Å². The van der Waals surface area contributed by atoms with Crippen molar-refractivity contribution in [2.75, 3.05) is 11.1 Å². The fourth-order valence-corrected chi connectivity index (χ4v) is 2.45. The van der Waals surface area contributed by atoms with Crippen molar-refractivity contribution in [3.05, 3.63) is 58.7 Å². The topological polar surface area (TPSA) is 67.1 Å². The molecular weight excluding hydrogens is 286 g/mol. The number of benzene rings is 2. The Kier molecular flexibility index (Phi) is 5.27. The van der Waals surface area contributed by atoms with Crippen LogP contribution >= 0.6 is 0 Å². The lowest BCUT2D eigenvalue weighted by atomic mass is 10.0. The second-order valence-corrected chi connectivity index (χ2v) is 6.21. The molecule has 0 bridgehead atoms. The first-order valence-electron chi connectivity index (χ1n) is 7.87. The van der Waals surface area contributed by atoms with Gasteiger partial charge in [-0.2, -0.15) is 0 Å². The van der Waals surface area contributed by atoms with Gasteiger partial charge < -0.3 is 16.4 Å². The van der Waals surface area contributed by atoms with Crippen LogP contribution in [0.5, 0.6) is 0 Å². The van der Waals surface area contributed by atoms with Gasteiger partial charge in [0.15, 0.2) is 0 Å². The Morgan fingerprint density at radius 2 is 1.78 bits per heavy atom. The zero-order valence-electron chi connectivity index (χ0n) is 14.2. The zero-order chi connectivity index (χ0) is 17.0. The third kappa shape index (κ3) is 4.49. The maximum absolute atomic E-state index is 12.3. The van der Waals surface area contributed by atoms with Crippen LogP contribution in [0.3, 0.4) is 0 Å². The molecule has 0 spiro atoms. The molecule has 0 fully saturated rings. The number of aryl methyl sites for hydroxylation is 1. The Labute approximate surface area is 138 Å². The molecule has 0 aromatic heterocycles. The van der Waals surface area contributed by atoms with Crippen molar-refractivity contribution < 1.29 is 4.79 Å². The summed E-state index contributed by atoms with van der Waals surface area (Å²) in [7, 11) is 0. The Bertz CT molecular complexity index is 691. The Morgan fingerprint density at radius 1 is 1.13 bits per heavy atom. The largest absolute Gasteiger partial charge is 0.399 e. The summed E-state index contributed by atoms with van der Waals surface area (Å²) < 4.78 is 0. The molecule has 0 aliphatic heterocycles. The highest BCUT2D eigenvalue weighted by Gasteiger charge is 2.13. The molecule has 0 unspecified atom stereocenters. The summed E-state index contributed by atoms with van der Waals surface area (Å²) in [4.78, 5) is 12.3. The summed E-state index contributed by atoms with van der Waals surface area (Å²) in [5.74, 6) is -0.0308. The predicted molar refractivity (Wildman–Crippen MR) is 96.7 cm³/mol. The smallest absolute Gasteiger partial charge is 0.251 e. The minimum absolute atomic E-state index is 0.0308. The molecule has 2 rings (SSSR count). The summed E-state index contributed by atoms with van der Waals surface area (Å²) in [6.45, 7) is 8.59. The van der Waals surface area contributed by atoms with Crippen molar-refractivity contribution in [1.29, 1.82) is 0 Å². The van der Waals surface area contributed by atoms with Crippen LogP contribution in [-0.4, -0.2) is 11.9 Å². The number of hydrogen-bond donors (Lipinski definition) is 3. The SMILES string of the molecule is Cc1cc(NCc2ccc(N)cc2)c(C)c(C(=O)NC(C)C)c1. The first-order chi connectivity index (χ1) is 10.9. The highest BCUT2D eigenvalue weighted by molar-refractivity contribution is 5.97. The molecular formula is C19H25N3O. The molecule has 2 aromatic rings. The number of nitrogens with two attached hydrogens (primary N) is 1. The molecule has 23 heavy (non-hydrogen) atoms. The molecule has 0 saturated heterocycles. The van der Waals surface area contributed by atoms with E-state index in [1.165, 1.54) is 0 Å². The molecule has 1 amide bonds. The average molecular weight is 311 g/mol. The van der Waals surface area contributed by atoms with Crippen molar-refractivity contribution >= 4 is 17.3 Å². The molecule has 0 aliphatic rings. The fourth-order valence-electron chi connectivity index (χ4n) is 2.45. The van der Waals surface area contributed by atoms with Crippen molar-refractivity contribution in [2.24, 2.45) is 0 Å². The maximum Gasteiger partial charge on any atom is 0.251 e. The number of rotatable bonds is 5. The van der Waals surface area contributed by atoms with Gasteiger partial charge in [-0.3, -0.25) is 4.79 Å².